The maximum absolute atomic E-state index is 12.2. The molecule has 2 aromatic heterocycles. The Balaban J connectivity index is 1.48. The van der Waals surface area contributed by atoms with Gasteiger partial charge in [0.15, 0.2) is 11.0 Å². The molecule has 28 heavy (non-hydrogen) atoms. The number of hydrogen-bond donors (Lipinski definition) is 1. The van der Waals surface area contributed by atoms with E-state index in [-0.39, 0.29) is 16.9 Å². The SMILES string of the molecule is O=C(NCc1ccccc1-c1ccc(Cn2cccn2)cc1)c1ccc(Cl)o1. The van der Waals surface area contributed by atoms with Gasteiger partial charge in [-0.3, -0.25) is 9.48 Å². The Morgan fingerprint density at radius 2 is 1.86 bits per heavy atom. The second-order valence-corrected chi connectivity index (χ2v) is 6.72. The fourth-order valence-corrected chi connectivity index (χ4v) is 3.17. The van der Waals surface area contributed by atoms with Gasteiger partial charge in [-0.2, -0.15) is 5.10 Å². The van der Waals surface area contributed by atoms with Crippen molar-refractivity contribution in [1.29, 1.82) is 0 Å². The predicted octanol–water partition coefficient (Wildman–Crippen LogP) is 4.77. The Kier molecular flexibility index (Phi) is 5.26. The highest BCUT2D eigenvalue weighted by molar-refractivity contribution is 6.29. The standard InChI is InChI=1S/C22H18ClN3O2/c23-21-11-10-20(28-21)22(27)24-14-18-4-1-2-5-19(18)17-8-6-16(7-9-17)15-26-13-3-12-25-26/h1-13H,14-15H2,(H,24,27). The number of furan rings is 1. The van der Waals surface area contributed by atoms with Gasteiger partial charge in [-0.1, -0.05) is 48.5 Å². The highest BCUT2D eigenvalue weighted by Gasteiger charge is 2.12. The van der Waals surface area contributed by atoms with E-state index in [0.29, 0.717) is 6.54 Å². The zero-order valence-electron chi connectivity index (χ0n) is 15.0. The second-order valence-electron chi connectivity index (χ2n) is 6.34. The first kappa shape index (κ1) is 18.1. The number of rotatable bonds is 6. The lowest BCUT2D eigenvalue weighted by atomic mass is 9.98. The van der Waals surface area contributed by atoms with Crippen LogP contribution in [0.4, 0.5) is 0 Å². The molecule has 4 rings (SSSR count). The predicted molar refractivity (Wildman–Crippen MR) is 108 cm³/mol. The van der Waals surface area contributed by atoms with Crippen molar-refractivity contribution in [2.75, 3.05) is 0 Å². The third-order valence-electron chi connectivity index (χ3n) is 4.42. The van der Waals surface area contributed by atoms with E-state index >= 15 is 0 Å². The maximum Gasteiger partial charge on any atom is 0.287 e. The molecular weight excluding hydrogens is 374 g/mol. The van der Waals surface area contributed by atoms with Gasteiger partial charge in [0.05, 0.1) is 6.54 Å². The highest BCUT2D eigenvalue weighted by atomic mass is 35.5. The highest BCUT2D eigenvalue weighted by Crippen LogP contribution is 2.24. The number of carbonyl (C=O) groups excluding carboxylic acids is 1. The number of carbonyl (C=O) groups is 1. The van der Waals surface area contributed by atoms with Crippen molar-refractivity contribution in [2.24, 2.45) is 0 Å². The summed E-state index contributed by atoms with van der Waals surface area (Å²) in [5.74, 6) is -0.0956. The molecular formula is C22H18ClN3O2. The maximum atomic E-state index is 12.2. The zero-order chi connectivity index (χ0) is 19.3. The van der Waals surface area contributed by atoms with E-state index in [9.17, 15) is 4.79 Å². The zero-order valence-corrected chi connectivity index (χ0v) is 15.8. The third-order valence-corrected chi connectivity index (χ3v) is 4.63. The first-order valence-corrected chi connectivity index (χ1v) is 9.25. The molecule has 1 amide bonds. The van der Waals surface area contributed by atoms with Crippen LogP contribution >= 0.6 is 11.6 Å². The number of amides is 1. The third kappa shape index (κ3) is 4.15. The van der Waals surface area contributed by atoms with Crippen LogP contribution in [0.3, 0.4) is 0 Å². The lowest BCUT2D eigenvalue weighted by Crippen LogP contribution is -2.22. The second kappa shape index (κ2) is 8.15. The van der Waals surface area contributed by atoms with Gasteiger partial charge in [0.2, 0.25) is 0 Å². The Hall–Kier alpha value is -3.31. The van der Waals surface area contributed by atoms with E-state index in [1.54, 1.807) is 18.3 Å². The lowest BCUT2D eigenvalue weighted by Gasteiger charge is -2.11. The molecule has 2 heterocycles. The number of benzene rings is 2. The average Bonchev–Trinajstić information content (AvgIpc) is 3.39. The van der Waals surface area contributed by atoms with Crippen LogP contribution in [0, 0.1) is 0 Å². The van der Waals surface area contributed by atoms with Crippen molar-refractivity contribution in [3.63, 3.8) is 0 Å². The van der Waals surface area contributed by atoms with Crippen molar-refractivity contribution in [3.8, 4) is 11.1 Å². The van der Waals surface area contributed by atoms with E-state index in [0.717, 1.165) is 23.2 Å². The van der Waals surface area contributed by atoms with Gasteiger partial charge in [-0.15, -0.1) is 0 Å². The Morgan fingerprint density at radius 3 is 2.57 bits per heavy atom. The summed E-state index contributed by atoms with van der Waals surface area (Å²) in [5.41, 5.74) is 4.36. The van der Waals surface area contributed by atoms with E-state index in [2.05, 4.69) is 34.7 Å². The normalized spacial score (nSPS) is 10.8. The molecule has 5 nitrogen and oxygen atoms in total. The molecule has 0 unspecified atom stereocenters. The summed E-state index contributed by atoms with van der Waals surface area (Å²) in [7, 11) is 0. The minimum absolute atomic E-state index is 0.195. The molecule has 0 atom stereocenters. The molecule has 2 aromatic carbocycles. The lowest BCUT2D eigenvalue weighted by molar-refractivity contribution is 0.0923. The molecule has 0 saturated heterocycles. The number of aromatic nitrogens is 2. The summed E-state index contributed by atoms with van der Waals surface area (Å²) < 4.78 is 7.04. The van der Waals surface area contributed by atoms with Crippen molar-refractivity contribution < 1.29 is 9.21 Å². The van der Waals surface area contributed by atoms with Gasteiger partial charge in [0.1, 0.15) is 0 Å². The first-order chi connectivity index (χ1) is 13.7. The Labute approximate surface area is 167 Å². The Morgan fingerprint density at radius 1 is 1.04 bits per heavy atom. The van der Waals surface area contributed by atoms with Gasteiger partial charge in [0, 0.05) is 18.9 Å². The molecule has 0 aliphatic heterocycles. The average molecular weight is 392 g/mol. The smallest absolute Gasteiger partial charge is 0.287 e. The number of hydrogen-bond acceptors (Lipinski definition) is 3. The van der Waals surface area contributed by atoms with Crippen LogP contribution in [0.2, 0.25) is 5.22 Å². The van der Waals surface area contributed by atoms with Crippen LogP contribution in [-0.2, 0) is 13.1 Å². The van der Waals surface area contributed by atoms with Gasteiger partial charge in [-0.25, -0.2) is 0 Å². The minimum Gasteiger partial charge on any atom is -0.440 e. The minimum atomic E-state index is -0.295. The molecule has 0 aliphatic carbocycles. The summed E-state index contributed by atoms with van der Waals surface area (Å²) in [6.45, 7) is 1.12. The van der Waals surface area contributed by atoms with Gasteiger partial charge in [0.25, 0.3) is 5.91 Å². The summed E-state index contributed by atoms with van der Waals surface area (Å²) in [6, 6.07) is 21.4. The molecule has 0 bridgehead atoms. The molecule has 0 spiro atoms. The van der Waals surface area contributed by atoms with Crippen LogP contribution in [0.1, 0.15) is 21.7 Å². The molecule has 0 saturated carbocycles. The molecule has 6 heteroatoms. The molecule has 4 aromatic rings. The van der Waals surface area contributed by atoms with Crippen molar-refractivity contribution in [3.05, 3.63) is 101 Å². The van der Waals surface area contributed by atoms with Crippen LogP contribution in [0.25, 0.3) is 11.1 Å². The molecule has 0 radical (unpaired) electrons. The molecule has 0 aliphatic rings. The summed E-state index contributed by atoms with van der Waals surface area (Å²) >= 11 is 5.73. The van der Waals surface area contributed by atoms with E-state index < -0.39 is 0 Å². The van der Waals surface area contributed by atoms with Crippen molar-refractivity contribution in [1.82, 2.24) is 15.1 Å². The van der Waals surface area contributed by atoms with Crippen molar-refractivity contribution in [2.45, 2.75) is 13.1 Å². The fraction of sp³-hybridized carbons (Fsp3) is 0.0909. The molecule has 0 fully saturated rings. The van der Waals surface area contributed by atoms with E-state index in [1.807, 2.05) is 41.2 Å². The van der Waals surface area contributed by atoms with Crippen LogP contribution in [0.15, 0.2) is 83.5 Å². The van der Waals surface area contributed by atoms with E-state index in [4.69, 9.17) is 16.0 Å². The van der Waals surface area contributed by atoms with Crippen LogP contribution in [0.5, 0.6) is 0 Å². The topological polar surface area (TPSA) is 60.1 Å². The largest absolute Gasteiger partial charge is 0.440 e. The van der Waals surface area contributed by atoms with Gasteiger partial charge < -0.3 is 9.73 Å². The van der Waals surface area contributed by atoms with Crippen molar-refractivity contribution >= 4 is 17.5 Å². The quantitative estimate of drug-likeness (QED) is 0.514. The monoisotopic (exact) mass is 391 g/mol. The molecule has 1 N–H and O–H groups in total. The Bertz CT molecular complexity index is 1070. The number of halogens is 1. The van der Waals surface area contributed by atoms with Crippen LogP contribution in [-0.4, -0.2) is 15.7 Å². The number of nitrogens with zero attached hydrogens (tertiary/aromatic N) is 2. The van der Waals surface area contributed by atoms with Crippen LogP contribution < -0.4 is 5.32 Å². The van der Waals surface area contributed by atoms with Gasteiger partial charge >= 0.3 is 0 Å². The summed E-state index contributed by atoms with van der Waals surface area (Å²) in [5, 5.41) is 7.31. The van der Waals surface area contributed by atoms with Gasteiger partial charge in [-0.05, 0) is 52.1 Å². The summed E-state index contributed by atoms with van der Waals surface area (Å²) in [6.07, 6.45) is 3.72. The summed E-state index contributed by atoms with van der Waals surface area (Å²) in [4.78, 5) is 12.2. The fourth-order valence-electron chi connectivity index (χ4n) is 3.03. The van der Waals surface area contributed by atoms with E-state index in [1.165, 1.54) is 5.56 Å². The number of nitrogens with one attached hydrogen (secondary N) is 1. The molecule has 140 valence electrons. The first-order valence-electron chi connectivity index (χ1n) is 8.87.